The second kappa shape index (κ2) is 7.34. The highest BCUT2D eigenvalue weighted by Crippen LogP contribution is 2.37. The first kappa shape index (κ1) is 21.5. The predicted octanol–water partition coefficient (Wildman–Crippen LogP) is 4.48. The van der Waals surface area contributed by atoms with Gasteiger partial charge in [0.05, 0.1) is 16.0 Å². The number of hydrogen-bond acceptors (Lipinski definition) is 3. The zero-order valence-corrected chi connectivity index (χ0v) is 14.8. The number of carbonyl (C=O) groups excluding carboxylic acids is 1. The van der Waals surface area contributed by atoms with Gasteiger partial charge in [0.2, 0.25) is 5.91 Å². The largest absolute Gasteiger partial charge is 0.416 e. The van der Waals surface area contributed by atoms with Gasteiger partial charge in [0, 0.05) is 18.3 Å². The molecule has 0 heterocycles. The van der Waals surface area contributed by atoms with Crippen LogP contribution in [-0.4, -0.2) is 14.3 Å². The van der Waals surface area contributed by atoms with Gasteiger partial charge in [-0.1, -0.05) is 0 Å². The van der Waals surface area contributed by atoms with Gasteiger partial charge in [-0.15, -0.1) is 0 Å². The summed E-state index contributed by atoms with van der Waals surface area (Å²) in [6.07, 6.45) is -10.4. The van der Waals surface area contributed by atoms with Gasteiger partial charge in [0.15, 0.2) is 0 Å². The average molecular weight is 426 g/mol. The molecule has 12 heteroatoms. The Labute approximate surface area is 155 Å². The summed E-state index contributed by atoms with van der Waals surface area (Å²) in [5.41, 5.74) is -3.30. The Morgan fingerprint density at radius 2 is 1.25 bits per heavy atom. The average Bonchev–Trinajstić information content (AvgIpc) is 2.54. The van der Waals surface area contributed by atoms with Gasteiger partial charge < -0.3 is 5.32 Å². The first-order chi connectivity index (χ1) is 12.7. The number of carbonyl (C=O) groups is 1. The maximum absolute atomic E-state index is 12.9. The van der Waals surface area contributed by atoms with Crippen molar-refractivity contribution >= 4 is 27.3 Å². The number of sulfonamides is 1. The van der Waals surface area contributed by atoms with E-state index >= 15 is 0 Å². The summed E-state index contributed by atoms with van der Waals surface area (Å²) >= 11 is 0. The summed E-state index contributed by atoms with van der Waals surface area (Å²) in [6, 6.07) is 5.02. The minimum Gasteiger partial charge on any atom is -0.326 e. The maximum Gasteiger partial charge on any atom is 0.416 e. The monoisotopic (exact) mass is 426 g/mol. The second-order valence-electron chi connectivity index (χ2n) is 5.61. The normalized spacial score (nSPS) is 12.5. The van der Waals surface area contributed by atoms with Crippen LogP contribution in [0, 0.1) is 0 Å². The van der Waals surface area contributed by atoms with Crippen molar-refractivity contribution in [1.29, 1.82) is 0 Å². The Morgan fingerprint density at radius 3 is 1.64 bits per heavy atom. The van der Waals surface area contributed by atoms with E-state index in [1.807, 2.05) is 4.72 Å². The van der Waals surface area contributed by atoms with E-state index in [1.165, 1.54) is 31.2 Å². The van der Waals surface area contributed by atoms with Gasteiger partial charge in [-0.25, -0.2) is 8.42 Å². The highest BCUT2D eigenvalue weighted by molar-refractivity contribution is 7.92. The Kier molecular flexibility index (Phi) is 5.64. The quantitative estimate of drug-likeness (QED) is 0.708. The molecule has 0 atom stereocenters. The minimum absolute atomic E-state index is 0.114. The lowest BCUT2D eigenvalue weighted by Gasteiger charge is -2.15. The second-order valence-corrected chi connectivity index (χ2v) is 7.29. The summed E-state index contributed by atoms with van der Waals surface area (Å²) in [6.45, 7) is 1.24. The first-order valence-electron chi connectivity index (χ1n) is 7.38. The highest BCUT2D eigenvalue weighted by atomic mass is 32.2. The third-order valence-electron chi connectivity index (χ3n) is 3.33. The Morgan fingerprint density at radius 1 is 0.821 bits per heavy atom. The predicted molar refractivity (Wildman–Crippen MR) is 88.0 cm³/mol. The van der Waals surface area contributed by atoms with Crippen molar-refractivity contribution in [3.63, 3.8) is 0 Å². The summed E-state index contributed by atoms with van der Waals surface area (Å²) in [5, 5.41) is 2.41. The third kappa shape index (κ3) is 5.38. The molecule has 0 bridgehead atoms. The number of benzene rings is 2. The van der Waals surface area contributed by atoms with Gasteiger partial charge in [-0.2, -0.15) is 26.3 Å². The fraction of sp³-hybridized carbons (Fsp3) is 0.188. The molecular formula is C16H12F6N2O3S. The molecule has 0 saturated heterocycles. The summed E-state index contributed by atoms with van der Waals surface area (Å²) in [7, 11) is -4.75. The van der Waals surface area contributed by atoms with Gasteiger partial charge in [0.25, 0.3) is 10.0 Å². The van der Waals surface area contributed by atoms with Crippen LogP contribution in [0.25, 0.3) is 0 Å². The molecule has 2 aromatic carbocycles. The highest BCUT2D eigenvalue weighted by Gasteiger charge is 2.38. The topological polar surface area (TPSA) is 75.3 Å². The smallest absolute Gasteiger partial charge is 0.326 e. The van der Waals surface area contributed by atoms with E-state index in [9.17, 15) is 39.6 Å². The van der Waals surface area contributed by atoms with Gasteiger partial charge in [-0.3, -0.25) is 9.52 Å². The Bertz CT molecular complexity index is 951. The maximum atomic E-state index is 12.9. The number of alkyl halides is 6. The van der Waals surface area contributed by atoms with Crippen molar-refractivity contribution in [2.45, 2.75) is 24.2 Å². The van der Waals surface area contributed by atoms with Crippen LogP contribution in [0.1, 0.15) is 18.1 Å². The number of amides is 1. The summed E-state index contributed by atoms with van der Waals surface area (Å²) in [4.78, 5) is 9.74. The van der Waals surface area contributed by atoms with Crippen molar-refractivity contribution in [3.05, 3.63) is 53.6 Å². The van der Waals surface area contributed by atoms with Gasteiger partial charge in [-0.05, 0) is 42.5 Å². The van der Waals surface area contributed by atoms with Crippen molar-refractivity contribution < 1.29 is 39.6 Å². The zero-order valence-electron chi connectivity index (χ0n) is 13.9. The molecule has 0 aliphatic heterocycles. The van der Waals surface area contributed by atoms with E-state index in [4.69, 9.17) is 0 Å². The van der Waals surface area contributed by atoms with Crippen molar-refractivity contribution in [1.82, 2.24) is 0 Å². The number of halogens is 6. The Balaban J connectivity index is 2.43. The molecule has 0 aliphatic carbocycles. The van der Waals surface area contributed by atoms with Crippen molar-refractivity contribution in [3.8, 4) is 0 Å². The number of rotatable bonds is 4. The van der Waals surface area contributed by atoms with Crippen LogP contribution in [0.2, 0.25) is 0 Å². The van der Waals surface area contributed by atoms with E-state index in [2.05, 4.69) is 5.32 Å². The van der Waals surface area contributed by atoms with E-state index in [1.54, 1.807) is 0 Å². The van der Waals surface area contributed by atoms with Crippen LogP contribution >= 0.6 is 0 Å². The molecule has 2 N–H and O–H groups in total. The van der Waals surface area contributed by atoms with Crippen LogP contribution in [0.15, 0.2) is 47.4 Å². The molecule has 1 amide bonds. The molecule has 2 aromatic rings. The molecule has 0 radical (unpaired) electrons. The van der Waals surface area contributed by atoms with Crippen LogP contribution in [0.5, 0.6) is 0 Å². The number of hydrogen-bond donors (Lipinski definition) is 2. The van der Waals surface area contributed by atoms with E-state index in [-0.39, 0.29) is 23.9 Å². The van der Waals surface area contributed by atoms with E-state index < -0.39 is 44.3 Å². The molecule has 0 unspecified atom stereocenters. The van der Waals surface area contributed by atoms with Crippen LogP contribution < -0.4 is 10.0 Å². The molecule has 5 nitrogen and oxygen atoms in total. The van der Waals surface area contributed by atoms with Crippen LogP contribution in [0.4, 0.5) is 37.7 Å². The fourth-order valence-electron chi connectivity index (χ4n) is 2.12. The lowest BCUT2D eigenvalue weighted by Crippen LogP contribution is -2.17. The van der Waals surface area contributed by atoms with Crippen LogP contribution in [-0.2, 0) is 27.2 Å². The molecule has 2 rings (SSSR count). The Hall–Kier alpha value is -2.76. The third-order valence-corrected chi connectivity index (χ3v) is 4.69. The van der Waals surface area contributed by atoms with Gasteiger partial charge >= 0.3 is 12.4 Å². The molecule has 0 spiro atoms. The van der Waals surface area contributed by atoms with Gasteiger partial charge in [0.1, 0.15) is 0 Å². The molecule has 0 fully saturated rings. The number of nitrogens with one attached hydrogen (secondary N) is 2. The molecule has 0 aliphatic rings. The van der Waals surface area contributed by atoms with E-state index in [0.717, 1.165) is 0 Å². The van der Waals surface area contributed by atoms with Crippen molar-refractivity contribution in [2.75, 3.05) is 10.0 Å². The first-order valence-corrected chi connectivity index (χ1v) is 8.87. The van der Waals surface area contributed by atoms with Crippen molar-refractivity contribution in [2.24, 2.45) is 0 Å². The molecule has 28 heavy (non-hydrogen) atoms. The summed E-state index contributed by atoms with van der Waals surface area (Å²) in [5.74, 6) is -0.392. The SMILES string of the molecule is CC(=O)Nc1ccc(NS(=O)(=O)c2cc(C(F)(F)F)cc(C(F)(F)F)c2)cc1. The molecule has 0 aromatic heterocycles. The lowest BCUT2D eigenvalue weighted by atomic mass is 10.1. The fourth-order valence-corrected chi connectivity index (χ4v) is 3.25. The molecule has 0 saturated carbocycles. The summed E-state index contributed by atoms with van der Waals surface area (Å²) < 4.78 is 104. The van der Waals surface area contributed by atoms with Crippen LogP contribution in [0.3, 0.4) is 0 Å². The zero-order chi connectivity index (χ0) is 21.3. The standard InChI is InChI=1S/C16H12F6N2O3S/c1-9(25)23-12-2-4-13(5-3-12)24-28(26,27)14-7-10(15(17,18)19)6-11(8-14)16(20,21)22/h2-8,24H,1H3,(H,23,25). The number of anilines is 2. The molecular weight excluding hydrogens is 414 g/mol. The molecule has 152 valence electrons. The lowest BCUT2D eigenvalue weighted by molar-refractivity contribution is -0.143. The van der Waals surface area contributed by atoms with E-state index in [0.29, 0.717) is 5.69 Å². The minimum atomic E-state index is -5.18.